The lowest BCUT2D eigenvalue weighted by Crippen LogP contribution is -2.28. The normalized spacial score (nSPS) is 12.5. The molecule has 2 heterocycles. The Morgan fingerprint density at radius 1 is 1.17 bits per heavy atom. The fourth-order valence-corrected chi connectivity index (χ4v) is 2.85. The Hall–Kier alpha value is -2.50. The van der Waals surface area contributed by atoms with Crippen LogP contribution in [0.25, 0.3) is 11.3 Å². The number of hydrogen-bond acceptors (Lipinski definition) is 5. The molecule has 2 aromatic rings. The van der Waals surface area contributed by atoms with Gasteiger partial charge in [0.15, 0.2) is 11.5 Å². The number of fused-ring (bicyclic) bond motifs is 3. The lowest BCUT2D eigenvalue weighted by Gasteiger charge is -2.23. The van der Waals surface area contributed by atoms with E-state index in [0.29, 0.717) is 36.4 Å². The number of aromatic nitrogens is 2. The van der Waals surface area contributed by atoms with Gasteiger partial charge in [0, 0.05) is 18.2 Å². The molecule has 6 nitrogen and oxygen atoms in total. The summed E-state index contributed by atoms with van der Waals surface area (Å²) >= 11 is 0. The molecule has 1 aromatic heterocycles. The Balaban J connectivity index is 2.10. The van der Waals surface area contributed by atoms with E-state index in [-0.39, 0.29) is 5.69 Å². The van der Waals surface area contributed by atoms with Crippen LogP contribution in [-0.2, 0) is 13.0 Å². The topological polar surface area (TPSA) is 62.6 Å². The zero-order chi connectivity index (χ0) is 17.3. The molecule has 24 heavy (non-hydrogen) atoms. The highest BCUT2D eigenvalue weighted by molar-refractivity contribution is 5.70. The van der Waals surface area contributed by atoms with Crippen LogP contribution in [0.3, 0.4) is 0 Å². The SMILES string of the molecule is COc1cc2c(cc1OC)-c1cc(OCC(C)C)nc(=O)n1CC2. The molecule has 6 heteroatoms. The van der Waals surface area contributed by atoms with Crippen LogP contribution in [0, 0.1) is 5.92 Å². The smallest absolute Gasteiger partial charge is 0.351 e. The van der Waals surface area contributed by atoms with Gasteiger partial charge in [-0.05, 0) is 30.0 Å². The standard InChI is InChI=1S/C18H22N2O4/c1-11(2)10-24-17-9-14-13-8-16(23-4)15(22-3)7-12(13)5-6-20(14)18(21)19-17/h7-9,11H,5-6,10H2,1-4H3. The van der Waals surface area contributed by atoms with E-state index in [2.05, 4.69) is 18.8 Å². The summed E-state index contributed by atoms with van der Waals surface area (Å²) in [5.41, 5.74) is 2.59. The second-order valence-electron chi connectivity index (χ2n) is 6.23. The fraction of sp³-hybridized carbons (Fsp3) is 0.444. The Labute approximate surface area is 141 Å². The van der Waals surface area contributed by atoms with Crippen molar-refractivity contribution in [1.29, 1.82) is 0 Å². The molecule has 3 rings (SSSR count). The van der Waals surface area contributed by atoms with Crippen molar-refractivity contribution in [3.63, 3.8) is 0 Å². The summed E-state index contributed by atoms with van der Waals surface area (Å²) in [6.07, 6.45) is 0.747. The van der Waals surface area contributed by atoms with Crippen LogP contribution >= 0.6 is 0 Å². The third-order valence-corrected chi connectivity index (χ3v) is 4.04. The third kappa shape index (κ3) is 2.96. The van der Waals surface area contributed by atoms with Crippen LogP contribution in [0.4, 0.5) is 0 Å². The van der Waals surface area contributed by atoms with E-state index >= 15 is 0 Å². The number of benzene rings is 1. The number of hydrogen-bond donors (Lipinski definition) is 0. The highest BCUT2D eigenvalue weighted by atomic mass is 16.5. The van der Waals surface area contributed by atoms with Gasteiger partial charge in [-0.1, -0.05) is 13.8 Å². The minimum Gasteiger partial charge on any atom is -0.493 e. The van der Waals surface area contributed by atoms with Gasteiger partial charge in [0.1, 0.15) is 0 Å². The highest BCUT2D eigenvalue weighted by Gasteiger charge is 2.22. The fourth-order valence-electron chi connectivity index (χ4n) is 2.85. The number of methoxy groups -OCH3 is 2. The molecule has 1 aromatic carbocycles. The lowest BCUT2D eigenvalue weighted by molar-refractivity contribution is 0.259. The van der Waals surface area contributed by atoms with Crippen molar-refractivity contribution in [2.75, 3.05) is 20.8 Å². The van der Waals surface area contributed by atoms with Gasteiger partial charge in [-0.3, -0.25) is 4.57 Å². The van der Waals surface area contributed by atoms with Crippen molar-refractivity contribution in [2.24, 2.45) is 5.92 Å². The number of aryl methyl sites for hydroxylation is 1. The molecule has 0 fully saturated rings. The number of nitrogens with zero attached hydrogens (tertiary/aromatic N) is 2. The molecule has 0 aliphatic carbocycles. The van der Waals surface area contributed by atoms with E-state index in [1.165, 1.54) is 0 Å². The van der Waals surface area contributed by atoms with Gasteiger partial charge in [-0.15, -0.1) is 0 Å². The summed E-state index contributed by atoms with van der Waals surface area (Å²) in [6.45, 7) is 5.22. The van der Waals surface area contributed by atoms with Crippen LogP contribution in [0.1, 0.15) is 19.4 Å². The molecule has 0 amide bonds. The minimum atomic E-state index is -0.285. The second kappa shape index (κ2) is 6.55. The van der Waals surface area contributed by atoms with Gasteiger partial charge >= 0.3 is 5.69 Å². The molecule has 0 radical (unpaired) electrons. The third-order valence-electron chi connectivity index (χ3n) is 4.04. The van der Waals surface area contributed by atoms with Crippen molar-refractivity contribution in [3.8, 4) is 28.6 Å². The Bertz CT molecular complexity index is 811. The van der Waals surface area contributed by atoms with Gasteiger partial charge in [0.2, 0.25) is 5.88 Å². The van der Waals surface area contributed by atoms with E-state index in [0.717, 1.165) is 23.2 Å². The first-order valence-electron chi connectivity index (χ1n) is 8.03. The predicted octanol–water partition coefficient (Wildman–Crippen LogP) is 2.52. The highest BCUT2D eigenvalue weighted by Crippen LogP contribution is 2.38. The van der Waals surface area contributed by atoms with Gasteiger partial charge in [0.25, 0.3) is 0 Å². The molecule has 0 atom stereocenters. The molecule has 0 N–H and O–H groups in total. The maximum Gasteiger partial charge on any atom is 0.351 e. The summed E-state index contributed by atoms with van der Waals surface area (Å²) < 4.78 is 18.1. The molecule has 1 aliphatic rings. The summed E-state index contributed by atoms with van der Waals surface area (Å²) in [4.78, 5) is 16.4. The lowest BCUT2D eigenvalue weighted by atomic mass is 9.97. The van der Waals surface area contributed by atoms with Crippen molar-refractivity contribution in [3.05, 3.63) is 34.2 Å². The van der Waals surface area contributed by atoms with Crippen LogP contribution < -0.4 is 19.9 Å². The second-order valence-corrected chi connectivity index (χ2v) is 6.23. The van der Waals surface area contributed by atoms with Crippen LogP contribution in [0.15, 0.2) is 23.0 Å². The van der Waals surface area contributed by atoms with Gasteiger partial charge in [-0.25, -0.2) is 4.79 Å². The van der Waals surface area contributed by atoms with Crippen LogP contribution in [0.5, 0.6) is 17.4 Å². The first-order valence-corrected chi connectivity index (χ1v) is 8.03. The first-order chi connectivity index (χ1) is 11.5. The van der Waals surface area contributed by atoms with Crippen molar-refractivity contribution < 1.29 is 14.2 Å². The number of rotatable bonds is 5. The maximum absolute atomic E-state index is 12.3. The van der Waals surface area contributed by atoms with E-state index in [4.69, 9.17) is 14.2 Å². The molecule has 0 saturated carbocycles. The molecular weight excluding hydrogens is 308 g/mol. The minimum absolute atomic E-state index is 0.285. The average Bonchev–Trinajstić information content (AvgIpc) is 2.58. The molecule has 0 unspecified atom stereocenters. The molecule has 1 aliphatic heterocycles. The monoisotopic (exact) mass is 330 g/mol. The zero-order valence-electron chi connectivity index (χ0n) is 14.5. The zero-order valence-corrected chi connectivity index (χ0v) is 14.5. The van der Waals surface area contributed by atoms with E-state index in [9.17, 15) is 4.79 Å². The molecule has 0 saturated heterocycles. The molecule has 128 valence electrons. The summed E-state index contributed by atoms with van der Waals surface area (Å²) in [6, 6.07) is 5.70. The summed E-state index contributed by atoms with van der Waals surface area (Å²) in [5, 5.41) is 0. The van der Waals surface area contributed by atoms with Crippen molar-refractivity contribution in [2.45, 2.75) is 26.8 Å². The van der Waals surface area contributed by atoms with Gasteiger partial charge in [0.05, 0.1) is 26.5 Å². The number of ether oxygens (including phenoxy) is 3. The maximum atomic E-state index is 12.3. The summed E-state index contributed by atoms with van der Waals surface area (Å²) in [5.74, 6) is 2.06. The van der Waals surface area contributed by atoms with E-state index < -0.39 is 0 Å². The molecule has 0 spiro atoms. The van der Waals surface area contributed by atoms with Crippen molar-refractivity contribution in [1.82, 2.24) is 9.55 Å². The van der Waals surface area contributed by atoms with Crippen LogP contribution in [0.2, 0.25) is 0 Å². The Morgan fingerprint density at radius 2 is 1.88 bits per heavy atom. The van der Waals surface area contributed by atoms with Crippen LogP contribution in [-0.4, -0.2) is 30.4 Å². The quantitative estimate of drug-likeness (QED) is 0.843. The largest absolute Gasteiger partial charge is 0.493 e. The van der Waals surface area contributed by atoms with E-state index in [1.54, 1.807) is 18.8 Å². The van der Waals surface area contributed by atoms with E-state index in [1.807, 2.05) is 18.2 Å². The Morgan fingerprint density at radius 3 is 2.54 bits per heavy atom. The van der Waals surface area contributed by atoms with Gasteiger partial charge < -0.3 is 14.2 Å². The Kier molecular flexibility index (Phi) is 4.46. The van der Waals surface area contributed by atoms with Crippen molar-refractivity contribution >= 4 is 0 Å². The first kappa shape index (κ1) is 16.4. The molecular formula is C18H22N2O4. The van der Waals surface area contributed by atoms with Gasteiger partial charge in [-0.2, -0.15) is 4.98 Å². The molecule has 0 bridgehead atoms. The average molecular weight is 330 g/mol. The predicted molar refractivity (Wildman–Crippen MR) is 91.1 cm³/mol. The summed E-state index contributed by atoms with van der Waals surface area (Å²) in [7, 11) is 3.22.